The standard InChI is InChI=1S/C21H29ClN2O3/c1-3-27-21(26)23-11-8-18(9-12-23)24-10-4-5-16(14-24)20(25)19-7-6-17(22)13-15(19)2/h6-7,13,16,18H,3-5,8-12,14H2,1-2H3. The van der Waals surface area contributed by atoms with Crippen LogP contribution in [0, 0.1) is 12.8 Å². The summed E-state index contributed by atoms with van der Waals surface area (Å²) in [6, 6.07) is 5.96. The van der Waals surface area contributed by atoms with E-state index in [1.807, 2.05) is 26.0 Å². The number of benzene rings is 1. The van der Waals surface area contributed by atoms with Crippen LogP contribution in [0.4, 0.5) is 4.79 Å². The molecule has 1 amide bonds. The van der Waals surface area contributed by atoms with Crippen molar-refractivity contribution in [1.82, 2.24) is 9.80 Å². The topological polar surface area (TPSA) is 49.9 Å². The number of hydrogen-bond acceptors (Lipinski definition) is 4. The molecule has 0 saturated carbocycles. The Morgan fingerprint density at radius 2 is 1.93 bits per heavy atom. The Bertz CT molecular complexity index is 686. The van der Waals surface area contributed by atoms with Crippen molar-refractivity contribution in [3.05, 3.63) is 34.3 Å². The number of ketones is 1. The van der Waals surface area contributed by atoms with Gasteiger partial charge in [-0.25, -0.2) is 4.79 Å². The van der Waals surface area contributed by atoms with E-state index in [0.29, 0.717) is 17.7 Å². The van der Waals surface area contributed by atoms with Crippen LogP contribution in [-0.4, -0.2) is 60.5 Å². The Hall–Kier alpha value is -1.59. The first-order valence-electron chi connectivity index (χ1n) is 9.95. The van der Waals surface area contributed by atoms with Crippen LogP contribution >= 0.6 is 11.6 Å². The van der Waals surface area contributed by atoms with Crippen LogP contribution in [0.3, 0.4) is 0 Å². The van der Waals surface area contributed by atoms with Gasteiger partial charge in [-0.05, 0) is 69.8 Å². The summed E-state index contributed by atoms with van der Waals surface area (Å²) in [5.41, 5.74) is 1.75. The number of nitrogens with zero attached hydrogens (tertiary/aromatic N) is 2. The predicted octanol–water partition coefficient (Wildman–Crippen LogP) is 4.16. The molecule has 2 fully saturated rings. The number of likely N-dealkylation sites (tertiary alicyclic amines) is 2. The summed E-state index contributed by atoms with van der Waals surface area (Å²) >= 11 is 6.03. The maximum absolute atomic E-state index is 13.0. The van der Waals surface area contributed by atoms with Crippen LogP contribution in [0.2, 0.25) is 5.02 Å². The van der Waals surface area contributed by atoms with E-state index in [-0.39, 0.29) is 17.8 Å². The van der Waals surface area contributed by atoms with E-state index < -0.39 is 0 Å². The van der Waals surface area contributed by atoms with E-state index in [9.17, 15) is 9.59 Å². The summed E-state index contributed by atoms with van der Waals surface area (Å²) < 4.78 is 5.10. The van der Waals surface area contributed by atoms with Crippen molar-refractivity contribution < 1.29 is 14.3 Å². The molecule has 1 aromatic carbocycles. The van der Waals surface area contributed by atoms with Gasteiger partial charge in [0.1, 0.15) is 0 Å². The van der Waals surface area contributed by atoms with Crippen LogP contribution in [0.5, 0.6) is 0 Å². The van der Waals surface area contributed by atoms with Gasteiger partial charge in [-0.2, -0.15) is 0 Å². The van der Waals surface area contributed by atoms with E-state index in [0.717, 1.165) is 63.0 Å². The molecule has 2 saturated heterocycles. The fourth-order valence-corrected chi connectivity index (χ4v) is 4.53. The molecule has 0 aliphatic carbocycles. The average molecular weight is 393 g/mol. The van der Waals surface area contributed by atoms with E-state index in [4.69, 9.17) is 16.3 Å². The van der Waals surface area contributed by atoms with Crippen LogP contribution in [0.15, 0.2) is 18.2 Å². The molecule has 0 aromatic heterocycles. The smallest absolute Gasteiger partial charge is 0.409 e. The molecule has 148 valence electrons. The summed E-state index contributed by atoms with van der Waals surface area (Å²) in [5.74, 6) is 0.277. The first kappa shape index (κ1) is 20.2. The minimum absolute atomic E-state index is 0.0433. The number of carbonyl (C=O) groups is 2. The molecule has 1 atom stereocenters. The molecule has 0 N–H and O–H groups in total. The number of Topliss-reactive ketones (excluding diaryl/α,β-unsaturated/α-hetero) is 1. The number of aryl methyl sites for hydroxylation is 1. The van der Waals surface area contributed by atoms with Crippen molar-refractivity contribution in [2.75, 3.05) is 32.8 Å². The summed E-state index contributed by atoms with van der Waals surface area (Å²) in [7, 11) is 0. The Morgan fingerprint density at radius 3 is 2.59 bits per heavy atom. The summed E-state index contributed by atoms with van der Waals surface area (Å²) in [5, 5.41) is 0.669. The maximum atomic E-state index is 13.0. The maximum Gasteiger partial charge on any atom is 0.409 e. The Labute approximate surface area is 166 Å². The van der Waals surface area contributed by atoms with Gasteiger partial charge < -0.3 is 9.64 Å². The van der Waals surface area contributed by atoms with Crippen LogP contribution in [-0.2, 0) is 4.74 Å². The highest BCUT2D eigenvalue weighted by atomic mass is 35.5. The van der Waals surface area contributed by atoms with Crippen molar-refractivity contribution in [2.45, 2.75) is 45.6 Å². The van der Waals surface area contributed by atoms with Crippen molar-refractivity contribution in [2.24, 2.45) is 5.92 Å². The third kappa shape index (κ3) is 4.82. The molecule has 6 heteroatoms. The molecule has 1 unspecified atom stereocenters. The second kappa shape index (κ2) is 9.07. The van der Waals surface area contributed by atoms with Crippen molar-refractivity contribution in [3.8, 4) is 0 Å². The number of rotatable bonds is 4. The Morgan fingerprint density at radius 1 is 1.19 bits per heavy atom. The van der Waals surface area contributed by atoms with Crippen molar-refractivity contribution >= 4 is 23.5 Å². The van der Waals surface area contributed by atoms with Crippen LogP contribution in [0.25, 0.3) is 0 Å². The SMILES string of the molecule is CCOC(=O)N1CCC(N2CCCC(C(=O)c3ccc(Cl)cc3C)C2)CC1. The lowest BCUT2D eigenvalue weighted by Gasteiger charge is -2.41. The normalized spacial score (nSPS) is 21.9. The highest BCUT2D eigenvalue weighted by molar-refractivity contribution is 6.30. The molecule has 0 radical (unpaired) electrons. The van der Waals surface area contributed by atoms with Gasteiger partial charge in [0.2, 0.25) is 0 Å². The lowest BCUT2D eigenvalue weighted by molar-refractivity contribution is 0.0532. The molecule has 3 rings (SSSR count). The van der Waals surface area contributed by atoms with Gasteiger partial charge in [-0.15, -0.1) is 0 Å². The van der Waals surface area contributed by atoms with E-state index in [2.05, 4.69) is 4.90 Å². The highest BCUT2D eigenvalue weighted by Crippen LogP contribution is 2.27. The number of hydrogen-bond donors (Lipinski definition) is 0. The lowest BCUT2D eigenvalue weighted by Crippen LogP contribution is -2.50. The summed E-state index contributed by atoms with van der Waals surface area (Å²) in [6.45, 7) is 7.50. The van der Waals surface area contributed by atoms with Crippen LogP contribution < -0.4 is 0 Å². The quantitative estimate of drug-likeness (QED) is 0.722. The number of amides is 1. The van der Waals surface area contributed by atoms with Crippen molar-refractivity contribution in [1.29, 1.82) is 0 Å². The Balaban J connectivity index is 1.58. The molecule has 2 aliphatic rings. The fourth-order valence-electron chi connectivity index (χ4n) is 4.30. The summed E-state index contributed by atoms with van der Waals surface area (Å²) in [4.78, 5) is 29.2. The monoisotopic (exact) mass is 392 g/mol. The minimum Gasteiger partial charge on any atom is -0.450 e. The molecule has 27 heavy (non-hydrogen) atoms. The lowest BCUT2D eigenvalue weighted by atomic mass is 9.87. The zero-order valence-corrected chi connectivity index (χ0v) is 17.0. The van der Waals surface area contributed by atoms with Crippen LogP contribution in [0.1, 0.15) is 48.5 Å². The molecule has 1 aromatic rings. The van der Waals surface area contributed by atoms with Gasteiger partial charge in [0.05, 0.1) is 6.61 Å². The average Bonchev–Trinajstić information content (AvgIpc) is 2.68. The summed E-state index contributed by atoms with van der Waals surface area (Å²) in [6.07, 6.45) is 3.67. The van der Waals surface area contributed by atoms with Gasteiger partial charge in [0.25, 0.3) is 0 Å². The van der Waals surface area contributed by atoms with E-state index >= 15 is 0 Å². The van der Waals surface area contributed by atoms with Gasteiger partial charge in [0.15, 0.2) is 5.78 Å². The zero-order valence-electron chi connectivity index (χ0n) is 16.2. The fraction of sp³-hybridized carbons (Fsp3) is 0.619. The van der Waals surface area contributed by atoms with Gasteiger partial charge in [-0.1, -0.05) is 11.6 Å². The zero-order chi connectivity index (χ0) is 19.4. The second-order valence-electron chi connectivity index (χ2n) is 7.57. The molecule has 0 bridgehead atoms. The number of ether oxygens (including phenoxy) is 1. The van der Waals surface area contributed by atoms with E-state index in [1.165, 1.54) is 0 Å². The molecular formula is C21H29ClN2O3. The van der Waals surface area contributed by atoms with Gasteiger partial charge >= 0.3 is 6.09 Å². The number of carbonyl (C=O) groups excluding carboxylic acids is 2. The molecule has 0 spiro atoms. The predicted molar refractivity (Wildman–Crippen MR) is 106 cm³/mol. The second-order valence-corrected chi connectivity index (χ2v) is 8.01. The van der Waals surface area contributed by atoms with E-state index in [1.54, 1.807) is 11.0 Å². The molecule has 2 aliphatic heterocycles. The van der Waals surface area contributed by atoms with Crippen molar-refractivity contribution in [3.63, 3.8) is 0 Å². The molecule has 5 nitrogen and oxygen atoms in total. The highest BCUT2D eigenvalue weighted by Gasteiger charge is 2.33. The first-order valence-corrected chi connectivity index (χ1v) is 10.3. The molecular weight excluding hydrogens is 364 g/mol. The third-order valence-electron chi connectivity index (χ3n) is 5.78. The largest absolute Gasteiger partial charge is 0.450 e. The first-order chi connectivity index (χ1) is 13.0. The third-order valence-corrected chi connectivity index (χ3v) is 6.02. The van der Waals surface area contributed by atoms with Gasteiger partial charge in [0, 0.05) is 42.2 Å². The number of piperidine rings is 2. The van der Waals surface area contributed by atoms with Gasteiger partial charge in [-0.3, -0.25) is 9.69 Å². The Kier molecular flexibility index (Phi) is 6.77. The minimum atomic E-state index is -0.208. The molecule has 2 heterocycles. The number of halogens is 1.